The summed E-state index contributed by atoms with van der Waals surface area (Å²) in [5.41, 5.74) is 6.42. The van der Waals surface area contributed by atoms with Crippen LogP contribution in [0.25, 0.3) is 0 Å². The van der Waals surface area contributed by atoms with E-state index in [-0.39, 0.29) is 5.54 Å². The van der Waals surface area contributed by atoms with E-state index in [1.54, 1.807) is 6.20 Å². The van der Waals surface area contributed by atoms with Crippen LogP contribution < -0.4 is 16.4 Å². The minimum Gasteiger partial charge on any atom is -0.394 e. The summed E-state index contributed by atoms with van der Waals surface area (Å²) in [5, 5.41) is 6.53. The zero-order valence-electron chi connectivity index (χ0n) is 13.4. The highest BCUT2D eigenvalue weighted by atomic mass is 15.2. The minimum atomic E-state index is -0.0676. The molecule has 1 rings (SSSR count). The second-order valence-corrected chi connectivity index (χ2v) is 6.46. The average molecular weight is 278 g/mol. The van der Waals surface area contributed by atoms with Gasteiger partial charge in [0.25, 0.3) is 0 Å². The first-order chi connectivity index (χ1) is 9.28. The van der Waals surface area contributed by atoms with Crippen molar-refractivity contribution >= 4 is 17.5 Å². The van der Waals surface area contributed by atoms with Gasteiger partial charge in [0.05, 0.1) is 11.9 Å². The first-order valence-corrected chi connectivity index (χ1v) is 7.21. The molecule has 1 aromatic heterocycles. The monoisotopic (exact) mass is 278 g/mol. The van der Waals surface area contributed by atoms with Crippen molar-refractivity contribution in [3.63, 3.8) is 0 Å². The van der Waals surface area contributed by atoms with Gasteiger partial charge in [0, 0.05) is 12.1 Å². The Morgan fingerprint density at radius 2 is 1.95 bits per heavy atom. The third-order valence-corrected chi connectivity index (χ3v) is 2.70. The van der Waals surface area contributed by atoms with Crippen LogP contribution in [0.15, 0.2) is 6.20 Å². The fraction of sp³-hybridized carbons (Fsp3) is 0.667. The van der Waals surface area contributed by atoms with Crippen molar-refractivity contribution in [3.05, 3.63) is 12.1 Å². The molecule has 1 radical (unpaired) electrons. The summed E-state index contributed by atoms with van der Waals surface area (Å²) in [7, 11) is 0. The molecule has 0 aliphatic carbocycles. The van der Waals surface area contributed by atoms with Gasteiger partial charge in [0.2, 0.25) is 5.95 Å². The smallest absolute Gasteiger partial charge is 0.225 e. The highest BCUT2D eigenvalue weighted by Gasteiger charge is 2.12. The van der Waals surface area contributed by atoms with E-state index in [0.717, 1.165) is 13.0 Å². The first kappa shape index (κ1) is 16.5. The molecule has 4 N–H and O–H groups in total. The Kier molecular flexibility index (Phi) is 6.05. The number of hydrogen-bond donors (Lipinski definition) is 3. The third kappa shape index (κ3) is 6.59. The lowest BCUT2D eigenvalue weighted by Crippen LogP contribution is -2.27. The SMILES string of the molecule is C[C](C)CCCCNc1nc(NC(C)(C)C)ncc1N. The summed E-state index contributed by atoms with van der Waals surface area (Å²) < 4.78 is 0. The molecule has 5 heteroatoms. The maximum atomic E-state index is 5.90. The summed E-state index contributed by atoms with van der Waals surface area (Å²) in [5.74, 6) is 2.79. The quantitative estimate of drug-likeness (QED) is 0.666. The number of aromatic nitrogens is 2. The fourth-order valence-electron chi connectivity index (χ4n) is 1.74. The molecule has 1 aromatic rings. The molecule has 20 heavy (non-hydrogen) atoms. The number of unbranched alkanes of at least 4 members (excludes halogenated alkanes) is 1. The molecule has 0 atom stereocenters. The number of rotatable bonds is 7. The topological polar surface area (TPSA) is 75.9 Å². The largest absolute Gasteiger partial charge is 0.394 e. The fourth-order valence-corrected chi connectivity index (χ4v) is 1.74. The Morgan fingerprint density at radius 1 is 1.25 bits per heavy atom. The Hall–Kier alpha value is -1.52. The van der Waals surface area contributed by atoms with Crippen LogP contribution in [0.3, 0.4) is 0 Å². The Labute approximate surface area is 122 Å². The summed E-state index contributed by atoms with van der Waals surface area (Å²) in [4.78, 5) is 8.63. The van der Waals surface area contributed by atoms with E-state index in [1.807, 2.05) is 0 Å². The van der Waals surface area contributed by atoms with Crippen molar-refractivity contribution in [1.82, 2.24) is 9.97 Å². The van der Waals surface area contributed by atoms with E-state index in [2.05, 4.69) is 55.2 Å². The molecular weight excluding hydrogens is 250 g/mol. The van der Waals surface area contributed by atoms with Gasteiger partial charge < -0.3 is 16.4 Å². The Bertz CT molecular complexity index is 409. The van der Waals surface area contributed by atoms with E-state index >= 15 is 0 Å². The summed E-state index contributed by atoms with van der Waals surface area (Å²) >= 11 is 0. The van der Waals surface area contributed by atoms with Crippen LogP contribution in [0, 0.1) is 5.92 Å². The normalized spacial score (nSPS) is 11.7. The number of nitrogens with two attached hydrogens (primary N) is 1. The van der Waals surface area contributed by atoms with Crippen molar-refractivity contribution in [1.29, 1.82) is 0 Å². The molecule has 5 nitrogen and oxygen atoms in total. The molecular formula is C15H28N5. The molecule has 0 fully saturated rings. The predicted molar refractivity (Wildman–Crippen MR) is 86.8 cm³/mol. The van der Waals surface area contributed by atoms with Crippen molar-refractivity contribution in [2.75, 3.05) is 22.9 Å². The van der Waals surface area contributed by atoms with Crippen molar-refractivity contribution in [2.24, 2.45) is 0 Å². The second-order valence-electron chi connectivity index (χ2n) is 6.46. The molecule has 0 aliphatic heterocycles. The van der Waals surface area contributed by atoms with Crippen LogP contribution in [-0.4, -0.2) is 22.1 Å². The maximum absolute atomic E-state index is 5.90. The second kappa shape index (κ2) is 7.31. The molecule has 0 spiro atoms. The average Bonchev–Trinajstić information content (AvgIpc) is 2.30. The van der Waals surface area contributed by atoms with Crippen LogP contribution in [0.5, 0.6) is 0 Å². The van der Waals surface area contributed by atoms with Gasteiger partial charge in [-0.05, 0) is 39.5 Å². The summed E-state index contributed by atoms with van der Waals surface area (Å²) in [6.45, 7) is 11.4. The first-order valence-electron chi connectivity index (χ1n) is 7.21. The lowest BCUT2D eigenvalue weighted by Gasteiger charge is -2.21. The third-order valence-electron chi connectivity index (χ3n) is 2.70. The van der Waals surface area contributed by atoms with E-state index in [1.165, 1.54) is 18.8 Å². The van der Waals surface area contributed by atoms with Gasteiger partial charge in [0.15, 0.2) is 5.82 Å². The number of anilines is 3. The van der Waals surface area contributed by atoms with Crippen LogP contribution in [0.2, 0.25) is 0 Å². The predicted octanol–water partition coefficient (Wildman–Crippen LogP) is 3.47. The molecule has 0 saturated heterocycles. The van der Waals surface area contributed by atoms with Gasteiger partial charge in [0.1, 0.15) is 0 Å². The van der Waals surface area contributed by atoms with Gasteiger partial charge in [-0.15, -0.1) is 0 Å². The molecule has 0 aliphatic rings. The van der Waals surface area contributed by atoms with Crippen LogP contribution in [-0.2, 0) is 0 Å². The summed E-state index contributed by atoms with van der Waals surface area (Å²) in [6, 6.07) is 0. The van der Waals surface area contributed by atoms with Gasteiger partial charge in [-0.1, -0.05) is 20.3 Å². The number of nitrogens with one attached hydrogen (secondary N) is 2. The van der Waals surface area contributed by atoms with E-state index in [4.69, 9.17) is 5.73 Å². The highest BCUT2D eigenvalue weighted by molar-refractivity contribution is 5.61. The molecule has 0 amide bonds. The number of nitrogens with zero attached hydrogens (tertiary/aromatic N) is 2. The molecule has 0 aromatic carbocycles. The lowest BCUT2D eigenvalue weighted by molar-refractivity contribution is 0.626. The van der Waals surface area contributed by atoms with E-state index in [9.17, 15) is 0 Å². The number of nitrogen functional groups attached to an aromatic ring is 1. The van der Waals surface area contributed by atoms with Gasteiger partial charge >= 0.3 is 0 Å². The van der Waals surface area contributed by atoms with Crippen LogP contribution in [0.1, 0.15) is 53.9 Å². The Morgan fingerprint density at radius 3 is 2.55 bits per heavy atom. The zero-order valence-corrected chi connectivity index (χ0v) is 13.4. The maximum Gasteiger partial charge on any atom is 0.225 e. The van der Waals surface area contributed by atoms with Crippen molar-refractivity contribution < 1.29 is 0 Å². The lowest BCUT2D eigenvalue weighted by atomic mass is 10.1. The van der Waals surface area contributed by atoms with Gasteiger partial charge in [-0.25, -0.2) is 4.98 Å². The molecule has 0 unspecified atom stereocenters. The number of hydrogen-bond acceptors (Lipinski definition) is 5. The van der Waals surface area contributed by atoms with Crippen molar-refractivity contribution in [3.8, 4) is 0 Å². The van der Waals surface area contributed by atoms with E-state index < -0.39 is 0 Å². The van der Waals surface area contributed by atoms with Crippen molar-refractivity contribution in [2.45, 2.75) is 59.4 Å². The standard InChI is InChI=1S/C15H28N5/c1-11(2)8-6-7-9-17-13-12(16)10-18-14(19-13)20-15(3,4)5/h10H,6-9,16H2,1-5H3,(H2,17,18,19,20). The van der Waals surface area contributed by atoms with Gasteiger partial charge in [-0.3, -0.25) is 0 Å². The molecule has 1 heterocycles. The molecule has 113 valence electrons. The van der Waals surface area contributed by atoms with Crippen LogP contribution in [0.4, 0.5) is 17.5 Å². The summed E-state index contributed by atoms with van der Waals surface area (Å²) in [6.07, 6.45) is 5.12. The van der Waals surface area contributed by atoms with Crippen LogP contribution >= 0.6 is 0 Å². The van der Waals surface area contributed by atoms with Gasteiger partial charge in [-0.2, -0.15) is 4.98 Å². The van der Waals surface area contributed by atoms with E-state index in [0.29, 0.717) is 17.5 Å². The molecule has 0 saturated carbocycles. The minimum absolute atomic E-state index is 0.0676. The highest BCUT2D eigenvalue weighted by Crippen LogP contribution is 2.18. The molecule has 0 bridgehead atoms. The Balaban J connectivity index is 2.50. The zero-order chi connectivity index (χ0) is 15.2.